The standard InChI is InChI=1S/C9H10O.C8H10O/c1-2-3-8-4-6-9(10)7-5-8;1-6-3-4-8(9)5-7(6)2/h2,4-7,10H,1,3H2;3-5,9H,1-2H3. The molecule has 2 aromatic carbocycles. The number of aryl methyl sites for hydroxylation is 2. The van der Waals surface area contributed by atoms with Gasteiger partial charge in [-0.05, 0) is 61.2 Å². The molecule has 0 aromatic heterocycles. The molecule has 0 atom stereocenters. The first-order valence-corrected chi connectivity index (χ1v) is 6.18. The Morgan fingerprint density at radius 1 is 0.895 bits per heavy atom. The SMILES string of the molecule is C=CCc1ccc(O)cc1.Cc1ccc(O)cc1C. The van der Waals surface area contributed by atoms with Gasteiger partial charge in [0.15, 0.2) is 0 Å². The molecule has 2 aromatic rings. The van der Waals surface area contributed by atoms with E-state index in [0.29, 0.717) is 11.5 Å². The predicted octanol–water partition coefficient (Wildman–Crippen LogP) is 4.13. The summed E-state index contributed by atoms with van der Waals surface area (Å²) >= 11 is 0. The molecule has 0 heterocycles. The Morgan fingerprint density at radius 3 is 1.95 bits per heavy atom. The van der Waals surface area contributed by atoms with Gasteiger partial charge in [0, 0.05) is 0 Å². The van der Waals surface area contributed by atoms with Crippen molar-refractivity contribution in [3.63, 3.8) is 0 Å². The molecular formula is C17H20O2. The fourth-order valence-corrected chi connectivity index (χ4v) is 1.52. The van der Waals surface area contributed by atoms with Crippen molar-refractivity contribution in [1.29, 1.82) is 0 Å². The van der Waals surface area contributed by atoms with Crippen LogP contribution in [0.15, 0.2) is 55.1 Å². The normalized spacial score (nSPS) is 9.37. The highest BCUT2D eigenvalue weighted by Crippen LogP contribution is 2.13. The molecule has 2 heteroatoms. The minimum Gasteiger partial charge on any atom is -0.508 e. The van der Waals surface area contributed by atoms with Crippen LogP contribution in [0, 0.1) is 13.8 Å². The van der Waals surface area contributed by atoms with Gasteiger partial charge in [-0.15, -0.1) is 6.58 Å². The Bertz CT molecular complexity index is 527. The number of hydrogen-bond donors (Lipinski definition) is 2. The van der Waals surface area contributed by atoms with Gasteiger partial charge in [-0.1, -0.05) is 24.3 Å². The maximum atomic E-state index is 8.94. The van der Waals surface area contributed by atoms with Crippen molar-refractivity contribution < 1.29 is 10.2 Å². The molecule has 0 bridgehead atoms. The zero-order chi connectivity index (χ0) is 14.3. The van der Waals surface area contributed by atoms with Gasteiger partial charge in [0.2, 0.25) is 0 Å². The van der Waals surface area contributed by atoms with E-state index >= 15 is 0 Å². The van der Waals surface area contributed by atoms with Crippen molar-refractivity contribution in [1.82, 2.24) is 0 Å². The van der Waals surface area contributed by atoms with Crippen molar-refractivity contribution in [2.24, 2.45) is 0 Å². The Morgan fingerprint density at radius 2 is 1.47 bits per heavy atom. The first-order valence-electron chi connectivity index (χ1n) is 6.18. The molecule has 0 unspecified atom stereocenters. The van der Waals surface area contributed by atoms with E-state index in [-0.39, 0.29) is 0 Å². The molecule has 0 aliphatic heterocycles. The van der Waals surface area contributed by atoms with Crippen LogP contribution in [0.25, 0.3) is 0 Å². The van der Waals surface area contributed by atoms with Crippen molar-refractivity contribution in [2.75, 3.05) is 0 Å². The van der Waals surface area contributed by atoms with E-state index in [0.717, 1.165) is 12.0 Å². The predicted molar refractivity (Wildman–Crippen MR) is 79.6 cm³/mol. The van der Waals surface area contributed by atoms with Gasteiger partial charge in [-0.25, -0.2) is 0 Å². The molecule has 0 saturated carbocycles. The highest BCUT2D eigenvalue weighted by Gasteiger charge is 1.91. The van der Waals surface area contributed by atoms with Crippen LogP contribution in [-0.4, -0.2) is 10.2 Å². The van der Waals surface area contributed by atoms with Crippen molar-refractivity contribution in [3.05, 3.63) is 71.8 Å². The Labute approximate surface area is 114 Å². The monoisotopic (exact) mass is 256 g/mol. The molecule has 0 amide bonds. The fraction of sp³-hybridized carbons (Fsp3) is 0.176. The van der Waals surface area contributed by atoms with Crippen LogP contribution in [0.4, 0.5) is 0 Å². The van der Waals surface area contributed by atoms with E-state index in [1.165, 1.54) is 11.1 Å². The molecule has 0 spiro atoms. The van der Waals surface area contributed by atoms with Crippen molar-refractivity contribution in [3.8, 4) is 11.5 Å². The number of hydrogen-bond acceptors (Lipinski definition) is 2. The third kappa shape index (κ3) is 5.30. The zero-order valence-corrected chi connectivity index (χ0v) is 11.4. The van der Waals surface area contributed by atoms with Gasteiger partial charge in [-0.2, -0.15) is 0 Å². The summed E-state index contributed by atoms with van der Waals surface area (Å²) in [5.74, 6) is 0.658. The van der Waals surface area contributed by atoms with Crippen LogP contribution in [0.1, 0.15) is 16.7 Å². The van der Waals surface area contributed by atoms with Crippen molar-refractivity contribution >= 4 is 0 Å². The van der Waals surface area contributed by atoms with E-state index in [2.05, 4.69) is 6.58 Å². The summed E-state index contributed by atoms with van der Waals surface area (Å²) in [6.45, 7) is 7.62. The Balaban J connectivity index is 0.000000191. The van der Waals surface area contributed by atoms with Gasteiger partial charge in [0.1, 0.15) is 11.5 Å². The molecule has 2 N–H and O–H groups in total. The van der Waals surface area contributed by atoms with Gasteiger partial charge >= 0.3 is 0 Å². The molecule has 0 fully saturated rings. The molecule has 2 rings (SSSR count). The van der Waals surface area contributed by atoms with Gasteiger partial charge < -0.3 is 10.2 Å². The highest BCUT2D eigenvalue weighted by atomic mass is 16.3. The number of allylic oxidation sites excluding steroid dienone is 1. The van der Waals surface area contributed by atoms with E-state index in [1.54, 1.807) is 24.3 Å². The molecule has 0 aliphatic carbocycles. The Hall–Kier alpha value is -2.22. The molecule has 0 radical (unpaired) electrons. The lowest BCUT2D eigenvalue weighted by Crippen LogP contribution is -1.77. The van der Waals surface area contributed by atoms with Crippen LogP contribution in [-0.2, 0) is 6.42 Å². The smallest absolute Gasteiger partial charge is 0.115 e. The second kappa shape index (κ2) is 7.27. The molecule has 0 saturated heterocycles. The van der Waals surface area contributed by atoms with Crippen LogP contribution in [0.5, 0.6) is 11.5 Å². The van der Waals surface area contributed by atoms with Crippen LogP contribution in [0.2, 0.25) is 0 Å². The van der Waals surface area contributed by atoms with Gasteiger partial charge in [0.05, 0.1) is 0 Å². The highest BCUT2D eigenvalue weighted by molar-refractivity contribution is 5.32. The topological polar surface area (TPSA) is 40.5 Å². The fourth-order valence-electron chi connectivity index (χ4n) is 1.52. The quantitative estimate of drug-likeness (QED) is 0.793. The number of phenols is 2. The average Bonchev–Trinajstić information content (AvgIpc) is 2.38. The summed E-state index contributed by atoms with van der Waals surface area (Å²) in [7, 11) is 0. The molecule has 19 heavy (non-hydrogen) atoms. The molecule has 2 nitrogen and oxygen atoms in total. The summed E-state index contributed by atoms with van der Waals surface area (Å²) < 4.78 is 0. The maximum absolute atomic E-state index is 8.94. The van der Waals surface area contributed by atoms with Gasteiger partial charge in [-0.3, -0.25) is 0 Å². The Kier molecular flexibility index (Phi) is 5.68. The second-order valence-corrected chi connectivity index (χ2v) is 4.43. The zero-order valence-electron chi connectivity index (χ0n) is 11.4. The largest absolute Gasteiger partial charge is 0.508 e. The average molecular weight is 256 g/mol. The van der Waals surface area contributed by atoms with E-state index in [9.17, 15) is 0 Å². The summed E-state index contributed by atoms with van der Waals surface area (Å²) in [6, 6.07) is 12.5. The number of phenolic OH excluding ortho intramolecular Hbond substituents is 2. The second-order valence-electron chi connectivity index (χ2n) is 4.43. The minimum absolute atomic E-state index is 0.313. The number of aromatic hydroxyl groups is 2. The lowest BCUT2D eigenvalue weighted by molar-refractivity contribution is 0.474. The number of rotatable bonds is 2. The van der Waals surface area contributed by atoms with E-state index in [4.69, 9.17) is 10.2 Å². The third-order valence-electron chi connectivity index (χ3n) is 2.81. The van der Waals surface area contributed by atoms with Gasteiger partial charge in [0.25, 0.3) is 0 Å². The minimum atomic E-state index is 0.313. The first kappa shape index (κ1) is 14.8. The van der Waals surface area contributed by atoms with E-state index in [1.807, 2.05) is 38.1 Å². The molecule has 0 aliphatic rings. The summed E-state index contributed by atoms with van der Waals surface area (Å²) in [5.41, 5.74) is 3.52. The first-order chi connectivity index (χ1) is 9.02. The summed E-state index contributed by atoms with van der Waals surface area (Å²) in [5, 5.41) is 17.8. The van der Waals surface area contributed by atoms with Crippen molar-refractivity contribution in [2.45, 2.75) is 20.3 Å². The lowest BCUT2D eigenvalue weighted by atomic mass is 10.1. The third-order valence-corrected chi connectivity index (χ3v) is 2.81. The molecule has 100 valence electrons. The van der Waals surface area contributed by atoms with E-state index < -0.39 is 0 Å². The van der Waals surface area contributed by atoms with Crippen LogP contribution in [0.3, 0.4) is 0 Å². The summed E-state index contributed by atoms with van der Waals surface area (Å²) in [6.07, 6.45) is 2.70. The molecular weight excluding hydrogens is 236 g/mol. The van der Waals surface area contributed by atoms with Crippen LogP contribution >= 0.6 is 0 Å². The number of benzene rings is 2. The van der Waals surface area contributed by atoms with Crippen LogP contribution < -0.4 is 0 Å². The lowest BCUT2D eigenvalue weighted by Gasteiger charge is -1.97. The summed E-state index contributed by atoms with van der Waals surface area (Å²) in [4.78, 5) is 0. The maximum Gasteiger partial charge on any atom is 0.115 e.